The van der Waals surface area contributed by atoms with Crippen molar-refractivity contribution in [1.29, 1.82) is 0 Å². The molecule has 0 unspecified atom stereocenters. The number of nitrogens with zero attached hydrogens (tertiary/aromatic N) is 1. The molecule has 0 radical (unpaired) electrons. The van der Waals surface area contributed by atoms with Gasteiger partial charge in [-0.05, 0) is 113 Å². The number of anilines is 3. The van der Waals surface area contributed by atoms with Gasteiger partial charge >= 0.3 is 0 Å². The summed E-state index contributed by atoms with van der Waals surface area (Å²) in [5, 5.41) is 4.87. The molecule has 0 spiro atoms. The Morgan fingerprint density at radius 1 is 0.190 bits per heavy atom. The Kier molecular flexibility index (Phi) is 9.97. The lowest BCUT2D eigenvalue weighted by atomic mass is 9.85. The van der Waals surface area contributed by atoms with Gasteiger partial charge < -0.3 is 4.90 Å². The first-order chi connectivity index (χ1) is 31.3. The number of rotatable bonds is 9. The van der Waals surface area contributed by atoms with Crippen LogP contribution >= 0.6 is 0 Å². The van der Waals surface area contributed by atoms with Crippen LogP contribution in [0.15, 0.2) is 261 Å². The average Bonchev–Trinajstić information content (AvgIpc) is 3.37. The van der Waals surface area contributed by atoms with E-state index in [-0.39, 0.29) is 0 Å². The van der Waals surface area contributed by atoms with Gasteiger partial charge in [-0.1, -0.05) is 231 Å². The Bertz CT molecular complexity index is 3360. The fourth-order valence-corrected chi connectivity index (χ4v) is 9.33. The largest absolute Gasteiger partial charge is 0.310 e. The highest BCUT2D eigenvalue weighted by Gasteiger charge is 2.21. The van der Waals surface area contributed by atoms with Crippen LogP contribution in [0.3, 0.4) is 0 Å². The molecule has 1 heteroatoms. The summed E-state index contributed by atoms with van der Waals surface area (Å²) in [6, 6.07) is 94.6. The van der Waals surface area contributed by atoms with Crippen LogP contribution in [0.4, 0.5) is 17.1 Å². The predicted molar refractivity (Wildman–Crippen MR) is 269 cm³/mol. The number of benzene rings is 11. The van der Waals surface area contributed by atoms with E-state index < -0.39 is 0 Å². The molecule has 11 aromatic carbocycles. The molecule has 0 amide bonds. The lowest BCUT2D eigenvalue weighted by Crippen LogP contribution is -2.10. The molecule has 0 bridgehead atoms. The van der Waals surface area contributed by atoms with Crippen molar-refractivity contribution in [3.8, 4) is 66.8 Å². The van der Waals surface area contributed by atoms with E-state index in [4.69, 9.17) is 0 Å². The molecular weight excluding hydrogens is 759 g/mol. The van der Waals surface area contributed by atoms with Crippen molar-refractivity contribution in [2.45, 2.75) is 0 Å². The van der Waals surface area contributed by atoms with Crippen molar-refractivity contribution in [2.75, 3.05) is 4.90 Å². The van der Waals surface area contributed by atoms with Crippen molar-refractivity contribution in [1.82, 2.24) is 0 Å². The van der Waals surface area contributed by atoms with Crippen LogP contribution < -0.4 is 4.90 Å². The number of hydrogen-bond donors (Lipinski definition) is 0. The van der Waals surface area contributed by atoms with Gasteiger partial charge in [-0.25, -0.2) is 0 Å². The smallest absolute Gasteiger partial charge is 0.0540 e. The zero-order chi connectivity index (χ0) is 42.0. The Balaban J connectivity index is 1.06. The average molecular weight is 802 g/mol. The summed E-state index contributed by atoms with van der Waals surface area (Å²) in [5.41, 5.74) is 17.8. The van der Waals surface area contributed by atoms with E-state index >= 15 is 0 Å². The molecule has 0 fully saturated rings. The molecule has 0 atom stereocenters. The lowest BCUT2D eigenvalue weighted by Gasteiger charge is -2.28. The van der Waals surface area contributed by atoms with Gasteiger partial charge in [-0.2, -0.15) is 0 Å². The number of fused-ring (bicyclic) bond motifs is 2. The van der Waals surface area contributed by atoms with Crippen LogP contribution in [0.2, 0.25) is 0 Å². The summed E-state index contributed by atoms with van der Waals surface area (Å²) in [4.78, 5) is 2.41. The van der Waals surface area contributed by atoms with E-state index in [1.807, 2.05) is 0 Å². The highest BCUT2D eigenvalue weighted by Crippen LogP contribution is 2.46. The van der Waals surface area contributed by atoms with E-state index in [2.05, 4.69) is 266 Å². The standard InChI is InChI=1S/C62H43N/c1-3-18-44(19-4-1)45-34-38-49(39-35-45)63(50-40-36-48(37-41-50)52-33-17-23-47-22-7-8-24-51(47)52)62-43-42-60(59-31-15-16-32-61(59)62)58-30-14-13-29-57(58)56-28-12-11-27-55(56)54-26-10-9-25-53(54)46-20-5-2-6-21-46/h1-43H. The summed E-state index contributed by atoms with van der Waals surface area (Å²) in [6.45, 7) is 0. The fourth-order valence-electron chi connectivity index (χ4n) is 9.33. The second-order valence-corrected chi connectivity index (χ2v) is 16.0. The molecule has 63 heavy (non-hydrogen) atoms. The highest BCUT2D eigenvalue weighted by molar-refractivity contribution is 6.09. The maximum atomic E-state index is 2.41. The summed E-state index contributed by atoms with van der Waals surface area (Å²) in [5.74, 6) is 0. The summed E-state index contributed by atoms with van der Waals surface area (Å²) in [6.07, 6.45) is 0. The second-order valence-electron chi connectivity index (χ2n) is 16.0. The molecule has 1 nitrogen and oxygen atoms in total. The Hall–Kier alpha value is -8.26. The molecule has 0 saturated heterocycles. The van der Waals surface area contributed by atoms with Gasteiger partial charge in [0.05, 0.1) is 5.69 Å². The maximum absolute atomic E-state index is 2.41. The van der Waals surface area contributed by atoms with E-state index in [0.717, 1.165) is 17.1 Å². The first kappa shape index (κ1) is 37.7. The third-order valence-electron chi connectivity index (χ3n) is 12.3. The molecular formula is C62H43N. The van der Waals surface area contributed by atoms with Crippen molar-refractivity contribution < 1.29 is 0 Å². The monoisotopic (exact) mass is 801 g/mol. The highest BCUT2D eigenvalue weighted by atomic mass is 15.1. The van der Waals surface area contributed by atoms with E-state index in [9.17, 15) is 0 Å². The molecule has 296 valence electrons. The van der Waals surface area contributed by atoms with Gasteiger partial charge in [0.25, 0.3) is 0 Å². The molecule has 0 heterocycles. The molecule has 0 aliphatic heterocycles. The van der Waals surface area contributed by atoms with Gasteiger partial charge in [0, 0.05) is 16.8 Å². The van der Waals surface area contributed by atoms with Crippen LogP contribution in [-0.4, -0.2) is 0 Å². The Morgan fingerprint density at radius 3 is 1.17 bits per heavy atom. The van der Waals surface area contributed by atoms with Gasteiger partial charge in [-0.3, -0.25) is 0 Å². The zero-order valence-corrected chi connectivity index (χ0v) is 34.8. The molecule has 0 aliphatic carbocycles. The Labute approximate surface area is 369 Å². The van der Waals surface area contributed by atoms with Crippen molar-refractivity contribution in [3.05, 3.63) is 261 Å². The third-order valence-corrected chi connectivity index (χ3v) is 12.3. The first-order valence-electron chi connectivity index (χ1n) is 21.7. The molecule has 0 aliphatic rings. The molecule has 0 N–H and O–H groups in total. The number of hydrogen-bond acceptors (Lipinski definition) is 1. The van der Waals surface area contributed by atoms with Gasteiger partial charge in [0.1, 0.15) is 0 Å². The van der Waals surface area contributed by atoms with Crippen LogP contribution in [0.5, 0.6) is 0 Å². The topological polar surface area (TPSA) is 3.24 Å². The molecule has 0 saturated carbocycles. The lowest BCUT2D eigenvalue weighted by molar-refractivity contribution is 1.30. The van der Waals surface area contributed by atoms with Gasteiger partial charge in [0.15, 0.2) is 0 Å². The second kappa shape index (κ2) is 16.7. The van der Waals surface area contributed by atoms with Crippen LogP contribution in [-0.2, 0) is 0 Å². The summed E-state index contributed by atoms with van der Waals surface area (Å²) < 4.78 is 0. The van der Waals surface area contributed by atoms with Crippen molar-refractivity contribution in [3.63, 3.8) is 0 Å². The van der Waals surface area contributed by atoms with Crippen molar-refractivity contribution in [2.24, 2.45) is 0 Å². The summed E-state index contributed by atoms with van der Waals surface area (Å²) >= 11 is 0. The SMILES string of the molecule is c1ccc(-c2ccc(N(c3ccc(-c4cccc5ccccc45)cc3)c3ccc(-c4ccccc4-c4ccccc4-c4ccccc4-c4ccccc4)c4ccccc34)cc2)cc1. The fraction of sp³-hybridized carbons (Fsp3) is 0. The van der Waals surface area contributed by atoms with Crippen LogP contribution in [0.25, 0.3) is 88.3 Å². The van der Waals surface area contributed by atoms with Crippen LogP contribution in [0, 0.1) is 0 Å². The van der Waals surface area contributed by atoms with E-state index in [1.165, 1.54) is 88.3 Å². The molecule has 11 rings (SSSR count). The van der Waals surface area contributed by atoms with Crippen LogP contribution in [0.1, 0.15) is 0 Å². The van der Waals surface area contributed by atoms with Crippen molar-refractivity contribution >= 4 is 38.6 Å². The van der Waals surface area contributed by atoms with E-state index in [0.29, 0.717) is 0 Å². The third kappa shape index (κ3) is 7.16. The normalized spacial score (nSPS) is 11.2. The van der Waals surface area contributed by atoms with E-state index in [1.54, 1.807) is 0 Å². The maximum Gasteiger partial charge on any atom is 0.0540 e. The first-order valence-corrected chi connectivity index (χ1v) is 21.7. The Morgan fingerprint density at radius 2 is 0.571 bits per heavy atom. The van der Waals surface area contributed by atoms with Gasteiger partial charge in [0.2, 0.25) is 0 Å². The quantitative estimate of drug-likeness (QED) is 0.141. The summed E-state index contributed by atoms with van der Waals surface area (Å²) in [7, 11) is 0. The molecule has 0 aromatic heterocycles. The predicted octanol–water partition coefficient (Wildman–Crippen LogP) is 17.5. The zero-order valence-electron chi connectivity index (χ0n) is 34.8. The minimum atomic E-state index is 1.09. The minimum Gasteiger partial charge on any atom is -0.310 e. The molecule has 11 aromatic rings. The van der Waals surface area contributed by atoms with Gasteiger partial charge in [-0.15, -0.1) is 0 Å². The minimum absolute atomic E-state index is 1.09.